The molecule has 0 fully saturated rings. The number of furan rings is 1. The molecule has 0 saturated carbocycles. The molecule has 0 amide bonds. The van der Waals surface area contributed by atoms with E-state index in [1.807, 2.05) is 50.3 Å². The van der Waals surface area contributed by atoms with Crippen molar-refractivity contribution in [3.05, 3.63) is 35.9 Å². The second-order valence-corrected chi connectivity index (χ2v) is 3.20. The second kappa shape index (κ2) is 4.13. The van der Waals surface area contributed by atoms with Gasteiger partial charge in [0, 0.05) is 17.2 Å². The first-order chi connectivity index (χ1) is 7.36. The van der Waals surface area contributed by atoms with Crippen molar-refractivity contribution in [3.8, 4) is 0 Å². The van der Waals surface area contributed by atoms with Gasteiger partial charge in [0.1, 0.15) is 5.58 Å². The molecule has 0 N–H and O–H groups in total. The third kappa shape index (κ3) is 1.71. The van der Waals surface area contributed by atoms with E-state index < -0.39 is 0 Å². The number of benzene rings is 1. The lowest BCUT2D eigenvalue weighted by Crippen LogP contribution is -1.69. The smallest absolute Gasteiger partial charge is 0.226 e. The molecule has 2 aromatic rings. The van der Waals surface area contributed by atoms with E-state index >= 15 is 0 Å². The predicted molar refractivity (Wildman–Crippen MR) is 64.7 cm³/mol. The fourth-order valence-corrected chi connectivity index (χ4v) is 1.59. The molecular formula is C13H13NO. The summed E-state index contributed by atoms with van der Waals surface area (Å²) in [6.45, 7) is 3.87. The Hall–Kier alpha value is -1.83. The van der Waals surface area contributed by atoms with Gasteiger partial charge in [-0.2, -0.15) is 0 Å². The molecule has 0 aliphatic carbocycles. The molecule has 0 bridgehead atoms. The van der Waals surface area contributed by atoms with Gasteiger partial charge >= 0.3 is 0 Å². The van der Waals surface area contributed by atoms with Crippen molar-refractivity contribution in [1.29, 1.82) is 0 Å². The zero-order chi connectivity index (χ0) is 10.7. The molecule has 15 heavy (non-hydrogen) atoms. The normalized spacial score (nSPS) is 12.1. The van der Waals surface area contributed by atoms with E-state index in [1.54, 1.807) is 6.21 Å². The third-order valence-corrected chi connectivity index (χ3v) is 2.19. The predicted octanol–water partition coefficient (Wildman–Crippen LogP) is 4.19. The molecular weight excluding hydrogens is 186 g/mol. The molecule has 0 atom stereocenters. The van der Waals surface area contributed by atoms with Crippen LogP contribution in [0.15, 0.2) is 39.8 Å². The van der Waals surface area contributed by atoms with Gasteiger partial charge in [0.2, 0.25) is 5.88 Å². The van der Waals surface area contributed by atoms with E-state index in [0.717, 1.165) is 16.5 Å². The molecule has 0 spiro atoms. The van der Waals surface area contributed by atoms with Gasteiger partial charge in [0.25, 0.3) is 0 Å². The Labute approximate surface area is 88.9 Å². The van der Waals surface area contributed by atoms with E-state index in [9.17, 15) is 0 Å². The lowest BCUT2D eigenvalue weighted by atomic mass is 10.1. The number of allylic oxidation sites excluding steroid dienone is 1. The SMILES string of the molecule is CC=Nc1oc2ccccc2c1/C=C\C. The summed E-state index contributed by atoms with van der Waals surface area (Å²) in [6.07, 6.45) is 5.75. The van der Waals surface area contributed by atoms with E-state index in [0.29, 0.717) is 5.88 Å². The van der Waals surface area contributed by atoms with Crippen LogP contribution in [0, 0.1) is 0 Å². The summed E-state index contributed by atoms with van der Waals surface area (Å²) in [4.78, 5) is 4.22. The summed E-state index contributed by atoms with van der Waals surface area (Å²) >= 11 is 0. The maximum absolute atomic E-state index is 5.64. The third-order valence-electron chi connectivity index (χ3n) is 2.19. The van der Waals surface area contributed by atoms with E-state index in [1.165, 1.54) is 0 Å². The van der Waals surface area contributed by atoms with Gasteiger partial charge in [-0.15, -0.1) is 0 Å². The molecule has 0 saturated heterocycles. The highest BCUT2D eigenvalue weighted by Crippen LogP contribution is 2.32. The van der Waals surface area contributed by atoms with E-state index in [4.69, 9.17) is 4.42 Å². The number of rotatable bonds is 2. The lowest BCUT2D eigenvalue weighted by molar-refractivity contribution is 0.625. The number of aliphatic imine (C=N–C) groups is 1. The van der Waals surface area contributed by atoms with Crippen molar-refractivity contribution in [2.24, 2.45) is 4.99 Å². The molecule has 0 radical (unpaired) electrons. The van der Waals surface area contributed by atoms with Crippen LogP contribution in [0.25, 0.3) is 17.0 Å². The summed E-state index contributed by atoms with van der Waals surface area (Å²) in [5.74, 6) is 0.678. The van der Waals surface area contributed by atoms with Gasteiger partial charge < -0.3 is 4.42 Å². The molecule has 1 heterocycles. The van der Waals surface area contributed by atoms with Crippen molar-refractivity contribution in [2.45, 2.75) is 13.8 Å². The first-order valence-electron chi connectivity index (χ1n) is 4.99. The van der Waals surface area contributed by atoms with E-state index in [2.05, 4.69) is 4.99 Å². The molecule has 0 aliphatic rings. The first-order valence-corrected chi connectivity index (χ1v) is 4.99. The minimum atomic E-state index is 0.678. The number of hydrogen-bond acceptors (Lipinski definition) is 2. The van der Waals surface area contributed by atoms with Gasteiger partial charge in [0.15, 0.2) is 0 Å². The largest absolute Gasteiger partial charge is 0.438 e. The Balaban J connectivity index is 2.74. The van der Waals surface area contributed by atoms with Gasteiger partial charge in [-0.1, -0.05) is 30.4 Å². The van der Waals surface area contributed by atoms with Crippen molar-refractivity contribution >= 4 is 29.1 Å². The Morgan fingerprint density at radius 3 is 2.73 bits per heavy atom. The number of nitrogens with zero attached hydrogens (tertiary/aromatic N) is 1. The maximum Gasteiger partial charge on any atom is 0.226 e. The fraction of sp³-hybridized carbons (Fsp3) is 0.154. The summed E-state index contributed by atoms with van der Waals surface area (Å²) in [6, 6.07) is 7.97. The maximum atomic E-state index is 5.64. The van der Waals surface area contributed by atoms with Crippen LogP contribution in [0.2, 0.25) is 0 Å². The number of hydrogen-bond donors (Lipinski definition) is 0. The minimum absolute atomic E-state index is 0.678. The van der Waals surface area contributed by atoms with Gasteiger partial charge in [-0.25, -0.2) is 4.99 Å². The highest BCUT2D eigenvalue weighted by Gasteiger charge is 2.09. The molecule has 0 unspecified atom stereocenters. The monoisotopic (exact) mass is 199 g/mol. The van der Waals surface area contributed by atoms with E-state index in [-0.39, 0.29) is 0 Å². The molecule has 2 rings (SSSR count). The first kappa shape index (κ1) is 9.71. The van der Waals surface area contributed by atoms with Crippen LogP contribution in [0.5, 0.6) is 0 Å². The van der Waals surface area contributed by atoms with Gasteiger partial charge in [-0.3, -0.25) is 0 Å². The minimum Gasteiger partial charge on any atom is -0.438 e. The summed E-state index contributed by atoms with van der Waals surface area (Å²) in [7, 11) is 0. The van der Waals surface area contributed by atoms with Crippen molar-refractivity contribution in [3.63, 3.8) is 0 Å². The van der Waals surface area contributed by atoms with Gasteiger partial charge in [-0.05, 0) is 19.9 Å². The molecule has 1 aromatic carbocycles. The Bertz CT molecular complexity index is 520. The van der Waals surface area contributed by atoms with Crippen molar-refractivity contribution in [2.75, 3.05) is 0 Å². The van der Waals surface area contributed by atoms with Crippen LogP contribution in [0.3, 0.4) is 0 Å². The van der Waals surface area contributed by atoms with Crippen LogP contribution in [-0.4, -0.2) is 6.21 Å². The zero-order valence-electron chi connectivity index (χ0n) is 8.90. The Morgan fingerprint density at radius 2 is 2.00 bits per heavy atom. The molecule has 0 aliphatic heterocycles. The van der Waals surface area contributed by atoms with Crippen molar-refractivity contribution in [1.82, 2.24) is 0 Å². The summed E-state index contributed by atoms with van der Waals surface area (Å²) < 4.78 is 5.64. The lowest BCUT2D eigenvalue weighted by Gasteiger charge is -1.89. The van der Waals surface area contributed by atoms with Crippen LogP contribution in [0.1, 0.15) is 19.4 Å². The van der Waals surface area contributed by atoms with Crippen LogP contribution < -0.4 is 0 Å². The average Bonchev–Trinajstić information content (AvgIpc) is 2.59. The standard InChI is InChI=1S/C13H13NO/c1-3-7-11-10-8-5-6-9-12(10)15-13(11)14-4-2/h3-9H,1-2H3/b7-3-,14-4?. The second-order valence-electron chi connectivity index (χ2n) is 3.20. The summed E-state index contributed by atoms with van der Waals surface area (Å²) in [5, 5.41) is 1.11. The van der Waals surface area contributed by atoms with Crippen molar-refractivity contribution < 1.29 is 4.42 Å². The summed E-state index contributed by atoms with van der Waals surface area (Å²) in [5.41, 5.74) is 1.93. The molecule has 2 heteroatoms. The quantitative estimate of drug-likeness (QED) is 0.666. The zero-order valence-corrected chi connectivity index (χ0v) is 8.90. The van der Waals surface area contributed by atoms with Crippen LogP contribution in [-0.2, 0) is 0 Å². The Kier molecular flexibility index (Phi) is 2.68. The molecule has 1 aromatic heterocycles. The Morgan fingerprint density at radius 1 is 1.20 bits per heavy atom. The number of fused-ring (bicyclic) bond motifs is 1. The molecule has 76 valence electrons. The van der Waals surface area contributed by atoms with Gasteiger partial charge in [0.05, 0.1) is 0 Å². The highest BCUT2D eigenvalue weighted by molar-refractivity contribution is 5.92. The van der Waals surface area contributed by atoms with Crippen LogP contribution >= 0.6 is 0 Å². The highest BCUT2D eigenvalue weighted by atomic mass is 16.3. The average molecular weight is 199 g/mol. The number of para-hydroxylation sites is 1. The van der Waals surface area contributed by atoms with Crippen LogP contribution in [0.4, 0.5) is 5.88 Å². The molecule has 2 nitrogen and oxygen atoms in total. The fourth-order valence-electron chi connectivity index (χ4n) is 1.59. The topological polar surface area (TPSA) is 25.5 Å².